The molecule has 4 heteroatoms. The van der Waals surface area contributed by atoms with E-state index in [9.17, 15) is 0 Å². The number of hydrogen-bond donors (Lipinski definition) is 1. The summed E-state index contributed by atoms with van der Waals surface area (Å²) in [4.78, 5) is 0. The van der Waals surface area contributed by atoms with Gasteiger partial charge in [-0.3, -0.25) is 0 Å². The number of hydrogen-bond acceptors (Lipinski definition) is 4. The molecule has 0 amide bonds. The molecule has 15 heavy (non-hydrogen) atoms. The fourth-order valence-corrected chi connectivity index (χ4v) is 1.45. The molecule has 1 saturated heterocycles. The predicted molar refractivity (Wildman–Crippen MR) is 56.2 cm³/mol. The Bertz CT molecular complexity index is 358. The SMILES string of the molecule is CC1OC(c2oc(C(C)(C)C)cc2N)O1. The minimum atomic E-state index is -0.434. The summed E-state index contributed by atoms with van der Waals surface area (Å²) >= 11 is 0. The number of ether oxygens (including phenoxy) is 2. The van der Waals surface area contributed by atoms with E-state index in [1.807, 2.05) is 13.0 Å². The van der Waals surface area contributed by atoms with Crippen LogP contribution in [0.1, 0.15) is 45.5 Å². The first-order chi connectivity index (χ1) is 6.88. The first-order valence-corrected chi connectivity index (χ1v) is 5.08. The van der Waals surface area contributed by atoms with Crippen molar-refractivity contribution < 1.29 is 13.9 Å². The van der Waals surface area contributed by atoms with Gasteiger partial charge in [0, 0.05) is 11.5 Å². The zero-order valence-corrected chi connectivity index (χ0v) is 9.53. The second kappa shape index (κ2) is 3.25. The van der Waals surface area contributed by atoms with E-state index in [1.165, 1.54) is 0 Å². The van der Waals surface area contributed by atoms with Gasteiger partial charge in [-0.15, -0.1) is 0 Å². The van der Waals surface area contributed by atoms with Crippen LogP contribution in [-0.4, -0.2) is 6.29 Å². The third-order valence-corrected chi connectivity index (χ3v) is 2.37. The Morgan fingerprint density at radius 2 is 1.87 bits per heavy atom. The summed E-state index contributed by atoms with van der Waals surface area (Å²) in [6.07, 6.45) is -0.603. The fourth-order valence-electron chi connectivity index (χ4n) is 1.45. The molecule has 1 fully saturated rings. The second-order valence-corrected chi connectivity index (χ2v) is 4.85. The van der Waals surface area contributed by atoms with Crippen LogP contribution in [0.15, 0.2) is 10.5 Å². The van der Waals surface area contributed by atoms with E-state index in [4.69, 9.17) is 19.6 Å². The normalized spacial score (nSPS) is 26.4. The highest BCUT2D eigenvalue weighted by Gasteiger charge is 2.34. The minimum absolute atomic E-state index is 0.0538. The Morgan fingerprint density at radius 1 is 1.27 bits per heavy atom. The van der Waals surface area contributed by atoms with Crippen molar-refractivity contribution in [3.8, 4) is 0 Å². The van der Waals surface area contributed by atoms with Crippen LogP contribution in [0.2, 0.25) is 0 Å². The number of furan rings is 1. The van der Waals surface area contributed by atoms with Gasteiger partial charge >= 0.3 is 0 Å². The van der Waals surface area contributed by atoms with Gasteiger partial charge in [0.1, 0.15) is 5.76 Å². The molecule has 0 bridgehead atoms. The highest BCUT2D eigenvalue weighted by atomic mass is 16.9. The van der Waals surface area contributed by atoms with Gasteiger partial charge in [0.15, 0.2) is 12.1 Å². The van der Waals surface area contributed by atoms with Gasteiger partial charge in [-0.05, 0) is 6.92 Å². The van der Waals surface area contributed by atoms with Gasteiger partial charge in [-0.1, -0.05) is 20.8 Å². The summed E-state index contributed by atoms with van der Waals surface area (Å²) in [5, 5.41) is 0. The molecule has 0 atom stereocenters. The summed E-state index contributed by atoms with van der Waals surface area (Å²) in [7, 11) is 0. The summed E-state index contributed by atoms with van der Waals surface area (Å²) in [5.74, 6) is 1.43. The van der Waals surface area contributed by atoms with E-state index in [2.05, 4.69) is 20.8 Å². The van der Waals surface area contributed by atoms with Crippen LogP contribution >= 0.6 is 0 Å². The van der Waals surface area contributed by atoms with E-state index in [0.717, 1.165) is 5.76 Å². The largest absolute Gasteiger partial charge is 0.458 e. The smallest absolute Gasteiger partial charge is 0.224 e. The van der Waals surface area contributed by atoms with Crippen molar-refractivity contribution in [2.45, 2.75) is 45.7 Å². The lowest BCUT2D eigenvalue weighted by atomic mass is 9.93. The molecule has 2 rings (SSSR count). The third kappa shape index (κ3) is 1.87. The first kappa shape index (κ1) is 10.5. The maximum absolute atomic E-state index is 5.84. The van der Waals surface area contributed by atoms with Gasteiger partial charge in [0.25, 0.3) is 0 Å². The maximum Gasteiger partial charge on any atom is 0.224 e. The monoisotopic (exact) mass is 211 g/mol. The molecule has 0 aromatic carbocycles. The Kier molecular flexibility index (Phi) is 2.28. The maximum atomic E-state index is 5.84. The number of rotatable bonds is 1. The zero-order chi connectivity index (χ0) is 11.2. The number of nitrogen functional groups attached to an aromatic ring is 1. The molecular formula is C11H17NO3. The molecular weight excluding hydrogens is 194 g/mol. The van der Waals surface area contributed by atoms with Crippen LogP contribution in [0.25, 0.3) is 0 Å². The van der Waals surface area contributed by atoms with Crippen molar-refractivity contribution in [3.63, 3.8) is 0 Å². The highest BCUT2D eigenvalue weighted by Crippen LogP contribution is 2.38. The summed E-state index contributed by atoms with van der Waals surface area (Å²) in [6.45, 7) is 8.04. The van der Waals surface area contributed by atoms with Crippen molar-refractivity contribution in [2.75, 3.05) is 5.73 Å². The molecule has 0 spiro atoms. The van der Waals surface area contributed by atoms with Gasteiger partial charge in [-0.2, -0.15) is 0 Å². The van der Waals surface area contributed by atoms with Crippen LogP contribution in [-0.2, 0) is 14.9 Å². The van der Waals surface area contributed by atoms with Crippen molar-refractivity contribution >= 4 is 5.69 Å². The van der Waals surface area contributed by atoms with Crippen LogP contribution < -0.4 is 5.73 Å². The third-order valence-electron chi connectivity index (χ3n) is 2.37. The summed E-state index contributed by atoms with van der Waals surface area (Å²) < 4.78 is 16.3. The molecule has 0 aliphatic carbocycles. The first-order valence-electron chi connectivity index (χ1n) is 5.08. The van der Waals surface area contributed by atoms with Crippen molar-refractivity contribution in [2.24, 2.45) is 0 Å². The summed E-state index contributed by atoms with van der Waals surface area (Å²) in [6, 6.07) is 1.84. The molecule has 0 radical (unpaired) electrons. The minimum Gasteiger partial charge on any atom is -0.458 e. The molecule has 1 aliphatic heterocycles. The van der Waals surface area contributed by atoms with Crippen LogP contribution in [0.5, 0.6) is 0 Å². The molecule has 84 valence electrons. The second-order valence-electron chi connectivity index (χ2n) is 4.85. The van der Waals surface area contributed by atoms with Gasteiger partial charge < -0.3 is 19.6 Å². The standard InChI is InChI=1S/C11H17NO3/c1-6-13-10(14-6)9-7(12)5-8(15-9)11(2,3)4/h5-6,10H,12H2,1-4H3. The number of anilines is 1. The van der Waals surface area contributed by atoms with Crippen LogP contribution in [0.3, 0.4) is 0 Å². The molecule has 1 aromatic heterocycles. The Hall–Kier alpha value is -1.00. The molecule has 1 aromatic rings. The highest BCUT2D eigenvalue weighted by molar-refractivity contribution is 5.45. The Morgan fingerprint density at radius 3 is 2.27 bits per heavy atom. The lowest BCUT2D eigenvalue weighted by Gasteiger charge is -2.32. The zero-order valence-electron chi connectivity index (χ0n) is 9.53. The van der Waals surface area contributed by atoms with Crippen molar-refractivity contribution in [1.82, 2.24) is 0 Å². The number of nitrogens with two attached hydrogens (primary N) is 1. The van der Waals surface area contributed by atoms with Crippen molar-refractivity contribution in [3.05, 3.63) is 17.6 Å². The van der Waals surface area contributed by atoms with Gasteiger partial charge in [0.2, 0.25) is 6.29 Å². The quantitative estimate of drug-likeness (QED) is 0.775. The average Bonchev–Trinajstić information content (AvgIpc) is 2.41. The van der Waals surface area contributed by atoms with Crippen LogP contribution in [0, 0.1) is 0 Å². The average molecular weight is 211 g/mol. The molecule has 2 heterocycles. The van der Waals surface area contributed by atoms with E-state index < -0.39 is 6.29 Å². The lowest BCUT2D eigenvalue weighted by molar-refractivity contribution is -0.387. The molecule has 0 unspecified atom stereocenters. The molecule has 0 saturated carbocycles. The van der Waals surface area contributed by atoms with E-state index in [1.54, 1.807) is 0 Å². The van der Waals surface area contributed by atoms with Crippen molar-refractivity contribution in [1.29, 1.82) is 0 Å². The van der Waals surface area contributed by atoms with Crippen LogP contribution in [0.4, 0.5) is 5.69 Å². The topological polar surface area (TPSA) is 57.6 Å². The van der Waals surface area contributed by atoms with E-state index in [-0.39, 0.29) is 11.7 Å². The van der Waals surface area contributed by atoms with Gasteiger partial charge in [0.05, 0.1) is 5.69 Å². The Balaban J connectivity index is 2.23. The Labute approximate surface area is 89.3 Å². The molecule has 1 aliphatic rings. The predicted octanol–water partition coefficient (Wildman–Crippen LogP) is 2.55. The van der Waals surface area contributed by atoms with Gasteiger partial charge in [-0.25, -0.2) is 0 Å². The molecule has 2 N–H and O–H groups in total. The van der Waals surface area contributed by atoms with E-state index in [0.29, 0.717) is 11.4 Å². The summed E-state index contributed by atoms with van der Waals surface area (Å²) in [5.41, 5.74) is 6.38. The van der Waals surface area contributed by atoms with E-state index >= 15 is 0 Å². The lowest BCUT2D eigenvalue weighted by Crippen LogP contribution is -2.31. The fraction of sp³-hybridized carbons (Fsp3) is 0.636. The molecule has 4 nitrogen and oxygen atoms in total.